The number of ether oxygens (including phenoxy) is 1. The molecule has 0 N–H and O–H groups in total. The van der Waals surface area contributed by atoms with Crippen LogP contribution >= 0.6 is 27.5 Å². The van der Waals surface area contributed by atoms with Gasteiger partial charge in [-0.15, -0.1) is 0 Å². The number of ketones is 1. The van der Waals surface area contributed by atoms with Crippen LogP contribution in [0.5, 0.6) is 5.75 Å². The Morgan fingerprint density at radius 1 is 1.27 bits per heavy atom. The molecule has 0 aliphatic carbocycles. The van der Waals surface area contributed by atoms with Gasteiger partial charge < -0.3 is 4.74 Å². The van der Waals surface area contributed by atoms with Crippen molar-refractivity contribution in [2.75, 3.05) is 7.11 Å². The zero-order valence-electron chi connectivity index (χ0n) is 11.6. The Bertz CT molecular complexity index is 776. The van der Waals surface area contributed by atoms with E-state index in [1.54, 1.807) is 36.4 Å². The maximum atomic E-state index is 12.4. The third kappa shape index (κ3) is 3.76. The van der Waals surface area contributed by atoms with Gasteiger partial charge in [-0.1, -0.05) is 27.5 Å². The molecule has 0 saturated heterocycles. The molecular weight excluding hydrogens is 366 g/mol. The SMILES string of the molecule is COc1ccc(Br)cc1/C=C(\C#N)C(=O)c1ccc(Cl)cc1. The van der Waals surface area contributed by atoms with E-state index in [0.29, 0.717) is 21.9 Å². The highest BCUT2D eigenvalue weighted by molar-refractivity contribution is 9.10. The Labute approximate surface area is 141 Å². The number of hydrogen-bond acceptors (Lipinski definition) is 3. The van der Waals surface area contributed by atoms with Crippen molar-refractivity contribution in [2.24, 2.45) is 0 Å². The minimum Gasteiger partial charge on any atom is -0.496 e. The lowest BCUT2D eigenvalue weighted by Crippen LogP contribution is -2.02. The molecule has 0 saturated carbocycles. The molecule has 2 aromatic rings. The number of carbonyl (C=O) groups excluding carboxylic acids is 1. The van der Waals surface area contributed by atoms with Crippen molar-refractivity contribution < 1.29 is 9.53 Å². The van der Waals surface area contributed by atoms with Crippen molar-refractivity contribution >= 4 is 39.4 Å². The van der Waals surface area contributed by atoms with E-state index in [1.807, 2.05) is 12.1 Å². The fourth-order valence-electron chi connectivity index (χ4n) is 1.88. The maximum Gasteiger partial charge on any atom is 0.203 e. The van der Waals surface area contributed by atoms with Gasteiger partial charge >= 0.3 is 0 Å². The van der Waals surface area contributed by atoms with Gasteiger partial charge in [0.1, 0.15) is 17.4 Å². The lowest BCUT2D eigenvalue weighted by molar-refractivity contribution is 0.104. The normalized spacial score (nSPS) is 10.9. The summed E-state index contributed by atoms with van der Waals surface area (Å²) in [4.78, 5) is 12.4. The van der Waals surface area contributed by atoms with Gasteiger partial charge in [0.05, 0.1) is 7.11 Å². The third-order valence-electron chi connectivity index (χ3n) is 2.96. The van der Waals surface area contributed by atoms with Crippen LogP contribution in [0, 0.1) is 11.3 Å². The summed E-state index contributed by atoms with van der Waals surface area (Å²) < 4.78 is 6.07. The van der Waals surface area contributed by atoms with Crippen molar-refractivity contribution in [3.63, 3.8) is 0 Å². The average molecular weight is 377 g/mol. The van der Waals surface area contributed by atoms with Gasteiger partial charge in [-0.2, -0.15) is 5.26 Å². The van der Waals surface area contributed by atoms with Crippen LogP contribution in [0.4, 0.5) is 0 Å². The first-order valence-electron chi connectivity index (χ1n) is 6.30. The number of allylic oxidation sites excluding steroid dienone is 1. The van der Waals surface area contributed by atoms with Crippen LogP contribution in [-0.4, -0.2) is 12.9 Å². The van der Waals surface area contributed by atoms with Gasteiger partial charge in [-0.05, 0) is 48.5 Å². The summed E-state index contributed by atoms with van der Waals surface area (Å²) in [7, 11) is 1.54. The molecule has 0 aliphatic rings. The number of carbonyl (C=O) groups is 1. The predicted molar refractivity (Wildman–Crippen MR) is 90.1 cm³/mol. The first kappa shape index (κ1) is 16.3. The summed E-state index contributed by atoms with van der Waals surface area (Å²) in [6.45, 7) is 0. The van der Waals surface area contributed by atoms with Crippen molar-refractivity contribution in [3.05, 3.63) is 68.7 Å². The second-order valence-electron chi connectivity index (χ2n) is 4.39. The highest BCUT2D eigenvalue weighted by Gasteiger charge is 2.13. The lowest BCUT2D eigenvalue weighted by Gasteiger charge is -2.06. The number of rotatable bonds is 4. The Hall–Kier alpha value is -2.09. The molecule has 3 nitrogen and oxygen atoms in total. The first-order valence-corrected chi connectivity index (χ1v) is 7.48. The average Bonchev–Trinajstić information content (AvgIpc) is 2.53. The van der Waals surface area contributed by atoms with E-state index in [2.05, 4.69) is 15.9 Å². The zero-order chi connectivity index (χ0) is 16.1. The monoisotopic (exact) mass is 375 g/mol. The van der Waals surface area contributed by atoms with Crippen LogP contribution in [0.1, 0.15) is 15.9 Å². The topological polar surface area (TPSA) is 50.1 Å². The van der Waals surface area contributed by atoms with Gasteiger partial charge in [-0.3, -0.25) is 4.79 Å². The van der Waals surface area contributed by atoms with Gasteiger partial charge in [0.15, 0.2) is 0 Å². The fraction of sp³-hybridized carbons (Fsp3) is 0.0588. The number of halogens is 2. The first-order chi connectivity index (χ1) is 10.5. The molecule has 0 heterocycles. The number of Topliss-reactive ketones (excluding diaryl/α,β-unsaturated/α-hetero) is 1. The van der Waals surface area contributed by atoms with E-state index >= 15 is 0 Å². The van der Waals surface area contributed by atoms with Crippen molar-refractivity contribution in [1.82, 2.24) is 0 Å². The Kier molecular flexibility index (Phi) is 5.37. The molecular formula is C17H11BrClNO2. The molecule has 22 heavy (non-hydrogen) atoms. The molecule has 5 heteroatoms. The van der Waals surface area contributed by atoms with E-state index in [1.165, 1.54) is 13.2 Å². The van der Waals surface area contributed by atoms with Crippen molar-refractivity contribution in [1.29, 1.82) is 5.26 Å². The minimum atomic E-state index is -0.360. The lowest BCUT2D eigenvalue weighted by atomic mass is 10.0. The van der Waals surface area contributed by atoms with E-state index in [0.717, 1.165) is 4.47 Å². The molecule has 0 aliphatic heterocycles. The molecule has 2 aromatic carbocycles. The number of nitriles is 1. The number of hydrogen-bond donors (Lipinski definition) is 0. The van der Waals surface area contributed by atoms with Crippen molar-refractivity contribution in [3.8, 4) is 11.8 Å². The molecule has 0 unspecified atom stereocenters. The fourth-order valence-corrected chi connectivity index (χ4v) is 2.38. The smallest absolute Gasteiger partial charge is 0.203 e. The van der Waals surface area contributed by atoms with Gasteiger partial charge in [-0.25, -0.2) is 0 Å². The highest BCUT2D eigenvalue weighted by Crippen LogP contribution is 2.26. The number of benzene rings is 2. The van der Waals surface area contributed by atoms with Crippen LogP contribution in [0.3, 0.4) is 0 Å². The Balaban J connectivity index is 2.44. The molecule has 0 amide bonds. The van der Waals surface area contributed by atoms with Gasteiger partial charge in [0.2, 0.25) is 5.78 Å². The summed E-state index contributed by atoms with van der Waals surface area (Å²) in [6.07, 6.45) is 1.51. The molecule has 0 radical (unpaired) electrons. The zero-order valence-corrected chi connectivity index (χ0v) is 14.0. The summed E-state index contributed by atoms with van der Waals surface area (Å²) >= 11 is 9.16. The standard InChI is InChI=1S/C17H11BrClNO2/c1-22-16-7-4-14(18)9-12(16)8-13(10-20)17(21)11-2-5-15(19)6-3-11/h2-9H,1H3/b13-8+. The quantitative estimate of drug-likeness (QED) is 0.433. The number of nitrogens with zero attached hydrogens (tertiary/aromatic N) is 1. The molecule has 0 bridgehead atoms. The molecule has 0 fully saturated rings. The van der Waals surface area contributed by atoms with Crippen LogP contribution in [-0.2, 0) is 0 Å². The second-order valence-corrected chi connectivity index (χ2v) is 5.74. The van der Waals surface area contributed by atoms with Crippen LogP contribution in [0.2, 0.25) is 5.02 Å². The van der Waals surface area contributed by atoms with Crippen LogP contribution in [0.25, 0.3) is 6.08 Å². The molecule has 110 valence electrons. The van der Waals surface area contributed by atoms with Gasteiger partial charge in [0.25, 0.3) is 0 Å². The summed E-state index contributed by atoms with van der Waals surface area (Å²) in [6, 6.07) is 13.7. The van der Waals surface area contributed by atoms with E-state index in [4.69, 9.17) is 16.3 Å². The highest BCUT2D eigenvalue weighted by atomic mass is 79.9. The van der Waals surface area contributed by atoms with Gasteiger partial charge in [0, 0.05) is 20.6 Å². The predicted octanol–water partition coefficient (Wildman–Crippen LogP) is 4.90. The molecule has 2 rings (SSSR count). The van der Waals surface area contributed by atoms with Crippen molar-refractivity contribution in [2.45, 2.75) is 0 Å². The molecule has 0 spiro atoms. The maximum absolute atomic E-state index is 12.4. The minimum absolute atomic E-state index is 0.0266. The summed E-state index contributed by atoms with van der Waals surface area (Å²) in [5.41, 5.74) is 1.08. The molecule has 0 atom stereocenters. The summed E-state index contributed by atoms with van der Waals surface area (Å²) in [5, 5.41) is 9.82. The van der Waals surface area contributed by atoms with E-state index in [-0.39, 0.29) is 11.4 Å². The third-order valence-corrected chi connectivity index (χ3v) is 3.71. The summed E-state index contributed by atoms with van der Waals surface area (Å²) in [5.74, 6) is 0.223. The van der Waals surface area contributed by atoms with Crippen LogP contribution in [0.15, 0.2) is 52.5 Å². The molecule has 0 aromatic heterocycles. The Morgan fingerprint density at radius 3 is 2.55 bits per heavy atom. The second kappa shape index (κ2) is 7.26. The van der Waals surface area contributed by atoms with Crippen LogP contribution < -0.4 is 4.74 Å². The Morgan fingerprint density at radius 2 is 1.95 bits per heavy atom. The van der Waals surface area contributed by atoms with E-state index in [9.17, 15) is 10.1 Å². The number of methoxy groups -OCH3 is 1. The van der Waals surface area contributed by atoms with E-state index < -0.39 is 0 Å². The largest absolute Gasteiger partial charge is 0.496 e.